The van der Waals surface area contributed by atoms with Gasteiger partial charge in [-0.2, -0.15) is 0 Å². The quantitative estimate of drug-likeness (QED) is 0.835. The SMILES string of the molecule is CCCc1cc(C(=O)N2CCC[C@@H](c3ccnc(N(C)C)c3)C2)no1. The molecule has 2 aromatic rings. The van der Waals surface area contributed by atoms with E-state index in [2.05, 4.69) is 29.2 Å². The molecule has 3 heterocycles. The average Bonchev–Trinajstić information content (AvgIpc) is 3.10. The number of aromatic nitrogens is 2. The number of hydrogen-bond acceptors (Lipinski definition) is 5. The number of piperidine rings is 1. The van der Waals surface area contributed by atoms with Crippen LogP contribution in [0.2, 0.25) is 0 Å². The molecule has 0 aliphatic carbocycles. The molecule has 0 unspecified atom stereocenters. The zero-order chi connectivity index (χ0) is 17.8. The minimum Gasteiger partial charge on any atom is -0.363 e. The fourth-order valence-electron chi connectivity index (χ4n) is 3.31. The van der Waals surface area contributed by atoms with Crippen molar-refractivity contribution in [3.05, 3.63) is 41.4 Å². The van der Waals surface area contributed by atoms with E-state index in [0.717, 1.165) is 43.8 Å². The summed E-state index contributed by atoms with van der Waals surface area (Å²) in [5.41, 5.74) is 1.66. The summed E-state index contributed by atoms with van der Waals surface area (Å²) in [7, 11) is 3.97. The van der Waals surface area contributed by atoms with Crippen molar-refractivity contribution in [2.45, 2.75) is 38.5 Å². The lowest BCUT2D eigenvalue weighted by molar-refractivity contribution is 0.0696. The molecule has 6 heteroatoms. The number of hydrogen-bond donors (Lipinski definition) is 0. The molecule has 6 nitrogen and oxygen atoms in total. The highest BCUT2D eigenvalue weighted by molar-refractivity contribution is 5.92. The van der Waals surface area contributed by atoms with Crippen LogP contribution in [-0.4, -0.2) is 48.1 Å². The predicted octanol–water partition coefficient (Wildman–Crippen LogP) is 3.11. The van der Waals surface area contributed by atoms with Crippen LogP contribution in [0.3, 0.4) is 0 Å². The Balaban J connectivity index is 1.72. The predicted molar refractivity (Wildman–Crippen MR) is 96.9 cm³/mol. The Bertz CT molecular complexity index is 726. The van der Waals surface area contributed by atoms with E-state index in [9.17, 15) is 4.79 Å². The van der Waals surface area contributed by atoms with Gasteiger partial charge in [-0.25, -0.2) is 4.98 Å². The number of nitrogens with zero attached hydrogens (tertiary/aromatic N) is 4. The summed E-state index contributed by atoms with van der Waals surface area (Å²) in [5.74, 6) is 2.03. The molecule has 0 radical (unpaired) electrons. The minimum atomic E-state index is -0.0299. The maximum atomic E-state index is 12.8. The van der Waals surface area contributed by atoms with Gasteiger partial charge in [0.25, 0.3) is 5.91 Å². The number of rotatable bonds is 5. The molecule has 1 amide bonds. The Morgan fingerprint density at radius 1 is 1.40 bits per heavy atom. The fraction of sp³-hybridized carbons (Fsp3) is 0.526. The summed E-state index contributed by atoms with van der Waals surface area (Å²) in [6.45, 7) is 3.57. The van der Waals surface area contributed by atoms with E-state index in [0.29, 0.717) is 18.2 Å². The molecular weight excluding hydrogens is 316 g/mol. The maximum Gasteiger partial charge on any atom is 0.276 e. The molecule has 25 heavy (non-hydrogen) atoms. The monoisotopic (exact) mass is 342 g/mol. The number of carbonyl (C=O) groups excluding carboxylic acids is 1. The van der Waals surface area contributed by atoms with E-state index >= 15 is 0 Å². The first-order valence-electron chi connectivity index (χ1n) is 8.96. The molecule has 0 N–H and O–H groups in total. The van der Waals surface area contributed by atoms with E-state index in [1.54, 1.807) is 6.07 Å². The summed E-state index contributed by atoms with van der Waals surface area (Å²) < 4.78 is 5.26. The molecule has 1 atom stereocenters. The number of anilines is 1. The van der Waals surface area contributed by atoms with Crippen LogP contribution < -0.4 is 4.90 Å². The standard InChI is InChI=1S/C19H26N4O2/c1-4-6-16-12-17(21-25-16)19(24)23-10-5-7-15(13-23)14-8-9-20-18(11-14)22(2)3/h8-9,11-12,15H,4-7,10,13H2,1-3H3/t15-/m1/s1. The van der Waals surface area contributed by atoms with Crippen molar-refractivity contribution in [2.75, 3.05) is 32.1 Å². The lowest BCUT2D eigenvalue weighted by atomic mass is 9.91. The molecule has 1 fully saturated rings. The molecular formula is C19H26N4O2. The van der Waals surface area contributed by atoms with Gasteiger partial charge in [0.1, 0.15) is 11.6 Å². The van der Waals surface area contributed by atoms with Gasteiger partial charge >= 0.3 is 0 Å². The molecule has 1 aliphatic heterocycles. The molecule has 134 valence electrons. The summed E-state index contributed by atoms with van der Waals surface area (Å²) in [6, 6.07) is 5.96. The summed E-state index contributed by atoms with van der Waals surface area (Å²) in [5, 5.41) is 3.96. The van der Waals surface area contributed by atoms with E-state index in [1.165, 1.54) is 5.56 Å². The highest BCUT2D eigenvalue weighted by Crippen LogP contribution is 2.29. The number of carbonyl (C=O) groups is 1. The molecule has 0 bridgehead atoms. The fourth-order valence-corrected chi connectivity index (χ4v) is 3.31. The van der Waals surface area contributed by atoms with Gasteiger partial charge in [-0.05, 0) is 37.0 Å². The lowest BCUT2D eigenvalue weighted by Gasteiger charge is -2.32. The van der Waals surface area contributed by atoms with Crippen molar-refractivity contribution >= 4 is 11.7 Å². The van der Waals surface area contributed by atoms with Gasteiger partial charge in [0, 0.05) is 51.8 Å². The normalized spacial score (nSPS) is 17.6. The van der Waals surface area contributed by atoms with Crippen molar-refractivity contribution in [1.82, 2.24) is 15.0 Å². The Labute approximate surface area is 148 Å². The Morgan fingerprint density at radius 3 is 3.00 bits per heavy atom. The van der Waals surface area contributed by atoms with Crippen LogP contribution in [0.25, 0.3) is 0 Å². The van der Waals surface area contributed by atoms with Crippen molar-refractivity contribution in [1.29, 1.82) is 0 Å². The number of pyridine rings is 1. The molecule has 0 aromatic carbocycles. The van der Waals surface area contributed by atoms with Gasteiger partial charge < -0.3 is 14.3 Å². The van der Waals surface area contributed by atoms with Crippen molar-refractivity contribution in [3.8, 4) is 0 Å². The van der Waals surface area contributed by atoms with Crippen molar-refractivity contribution in [3.63, 3.8) is 0 Å². The molecule has 0 spiro atoms. The van der Waals surface area contributed by atoms with Crippen LogP contribution in [0.15, 0.2) is 28.9 Å². The number of likely N-dealkylation sites (tertiary alicyclic amines) is 1. The van der Waals surface area contributed by atoms with Gasteiger partial charge in [-0.15, -0.1) is 0 Å². The zero-order valence-electron chi connectivity index (χ0n) is 15.2. The third-order valence-corrected chi connectivity index (χ3v) is 4.68. The van der Waals surface area contributed by atoms with Crippen LogP contribution in [0.1, 0.15) is 53.9 Å². The largest absolute Gasteiger partial charge is 0.363 e. The van der Waals surface area contributed by atoms with E-state index in [-0.39, 0.29) is 5.91 Å². The van der Waals surface area contributed by atoms with Crippen LogP contribution >= 0.6 is 0 Å². The summed E-state index contributed by atoms with van der Waals surface area (Å²) in [6.07, 6.45) is 5.72. The van der Waals surface area contributed by atoms with E-state index in [1.807, 2.05) is 30.1 Å². The summed E-state index contributed by atoms with van der Waals surface area (Å²) >= 11 is 0. The first-order valence-corrected chi connectivity index (χ1v) is 8.96. The second kappa shape index (κ2) is 7.68. The zero-order valence-corrected chi connectivity index (χ0v) is 15.2. The Kier molecular flexibility index (Phi) is 5.36. The second-order valence-electron chi connectivity index (χ2n) is 6.86. The molecule has 2 aromatic heterocycles. The van der Waals surface area contributed by atoms with Crippen LogP contribution in [-0.2, 0) is 6.42 Å². The molecule has 3 rings (SSSR count). The summed E-state index contributed by atoms with van der Waals surface area (Å²) in [4.78, 5) is 21.0. The smallest absolute Gasteiger partial charge is 0.276 e. The highest BCUT2D eigenvalue weighted by Gasteiger charge is 2.27. The van der Waals surface area contributed by atoms with Crippen LogP contribution in [0, 0.1) is 0 Å². The third kappa shape index (κ3) is 4.00. The van der Waals surface area contributed by atoms with Crippen LogP contribution in [0.5, 0.6) is 0 Å². The van der Waals surface area contributed by atoms with Crippen LogP contribution in [0.4, 0.5) is 5.82 Å². The van der Waals surface area contributed by atoms with Gasteiger partial charge in [0.05, 0.1) is 0 Å². The van der Waals surface area contributed by atoms with Gasteiger partial charge in [-0.3, -0.25) is 4.79 Å². The Hall–Kier alpha value is -2.37. The highest BCUT2D eigenvalue weighted by atomic mass is 16.5. The van der Waals surface area contributed by atoms with Gasteiger partial charge in [0.15, 0.2) is 5.69 Å². The van der Waals surface area contributed by atoms with Gasteiger partial charge in [-0.1, -0.05) is 12.1 Å². The van der Waals surface area contributed by atoms with E-state index in [4.69, 9.17) is 4.52 Å². The lowest BCUT2D eigenvalue weighted by Crippen LogP contribution is -2.39. The second-order valence-corrected chi connectivity index (χ2v) is 6.86. The maximum absolute atomic E-state index is 12.8. The molecule has 1 saturated heterocycles. The number of aryl methyl sites for hydroxylation is 1. The van der Waals surface area contributed by atoms with Gasteiger partial charge in [0.2, 0.25) is 0 Å². The average molecular weight is 342 g/mol. The van der Waals surface area contributed by atoms with Crippen molar-refractivity contribution < 1.29 is 9.32 Å². The first kappa shape index (κ1) is 17.5. The number of amides is 1. The first-order chi connectivity index (χ1) is 12.1. The third-order valence-electron chi connectivity index (χ3n) is 4.68. The topological polar surface area (TPSA) is 62.5 Å². The molecule has 0 saturated carbocycles. The molecule has 1 aliphatic rings. The van der Waals surface area contributed by atoms with E-state index < -0.39 is 0 Å². The minimum absolute atomic E-state index is 0.0299. The van der Waals surface area contributed by atoms with Crippen molar-refractivity contribution in [2.24, 2.45) is 0 Å². The Morgan fingerprint density at radius 2 is 2.24 bits per heavy atom.